The first-order chi connectivity index (χ1) is 15.8. The number of piperidine rings is 1. The third kappa shape index (κ3) is 4.58. The summed E-state index contributed by atoms with van der Waals surface area (Å²) in [5, 5.41) is 2.98. The van der Waals surface area contributed by atoms with Gasteiger partial charge in [-0.1, -0.05) is 6.07 Å². The number of nitrogens with one attached hydrogen (secondary N) is 1. The molecule has 2 aliphatic carbocycles. The molecule has 3 N–H and O–H groups in total. The Morgan fingerprint density at radius 2 is 2.12 bits per heavy atom. The van der Waals surface area contributed by atoms with E-state index >= 15 is 0 Å². The van der Waals surface area contributed by atoms with Crippen molar-refractivity contribution in [3.05, 3.63) is 52.2 Å². The van der Waals surface area contributed by atoms with Gasteiger partial charge in [-0.3, -0.25) is 9.59 Å². The summed E-state index contributed by atoms with van der Waals surface area (Å²) >= 11 is 0. The van der Waals surface area contributed by atoms with Crippen molar-refractivity contribution in [2.75, 3.05) is 20.2 Å². The van der Waals surface area contributed by atoms with Crippen LogP contribution in [0.4, 0.5) is 0 Å². The molecule has 1 aliphatic heterocycles. The maximum Gasteiger partial charge on any atom is 0.244 e. The number of rotatable bonds is 8. The zero-order valence-corrected chi connectivity index (χ0v) is 20.3. The van der Waals surface area contributed by atoms with Crippen molar-refractivity contribution in [3.8, 4) is 5.75 Å². The van der Waals surface area contributed by atoms with Crippen LogP contribution in [-0.2, 0) is 15.0 Å². The SMILES string of the molecule is COc1ccc(C)c(C23CCN(CC4CC4)C(C)C2CC(/C=C(\C)C(N)=O)=C(NC=O)C3)c1. The highest BCUT2D eigenvalue weighted by molar-refractivity contribution is 5.91. The van der Waals surface area contributed by atoms with E-state index in [0.29, 0.717) is 17.5 Å². The van der Waals surface area contributed by atoms with Gasteiger partial charge >= 0.3 is 0 Å². The number of primary amides is 1. The van der Waals surface area contributed by atoms with Crippen LogP contribution < -0.4 is 15.8 Å². The van der Waals surface area contributed by atoms with Gasteiger partial charge in [0.1, 0.15) is 5.75 Å². The number of likely N-dealkylation sites (tertiary alicyclic amines) is 1. The average Bonchev–Trinajstić information content (AvgIpc) is 3.61. The number of nitrogens with zero attached hydrogens (tertiary/aromatic N) is 1. The molecule has 1 aromatic rings. The molecule has 6 heteroatoms. The van der Waals surface area contributed by atoms with Crippen LogP contribution in [0.1, 0.15) is 57.1 Å². The molecule has 0 spiro atoms. The van der Waals surface area contributed by atoms with Gasteiger partial charge in [-0.2, -0.15) is 0 Å². The summed E-state index contributed by atoms with van der Waals surface area (Å²) in [7, 11) is 1.71. The van der Waals surface area contributed by atoms with Gasteiger partial charge in [-0.25, -0.2) is 0 Å². The summed E-state index contributed by atoms with van der Waals surface area (Å²) in [6, 6.07) is 6.74. The second-order valence-electron chi connectivity index (χ2n) is 10.2. The minimum Gasteiger partial charge on any atom is -0.497 e. The second-order valence-corrected chi connectivity index (χ2v) is 10.2. The largest absolute Gasteiger partial charge is 0.497 e. The van der Waals surface area contributed by atoms with Crippen LogP contribution in [-0.4, -0.2) is 43.5 Å². The number of fused-ring (bicyclic) bond motifs is 1. The highest BCUT2D eigenvalue weighted by Crippen LogP contribution is 2.54. The van der Waals surface area contributed by atoms with Gasteiger partial charge in [0.15, 0.2) is 0 Å². The van der Waals surface area contributed by atoms with E-state index in [0.717, 1.165) is 55.2 Å². The van der Waals surface area contributed by atoms with Crippen LogP contribution in [0.2, 0.25) is 0 Å². The number of carbonyl (C=O) groups is 2. The fourth-order valence-corrected chi connectivity index (χ4v) is 6.10. The topological polar surface area (TPSA) is 84.7 Å². The second kappa shape index (κ2) is 9.34. The van der Waals surface area contributed by atoms with Crippen molar-refractivity contribution in [1.29, 1.82) is 0 Å². The fourth-order valence-electron chi connectivity index (χ4n) is 6.10. The van der Waals surface area contributed by atoms with Gasteiger partial charge in [0.05, 0.1) is 7.11 Å². The molecular formula is C27H37N3O3. The Kier molecular flexibility index (Phi) is 6.66. The first kappa shape index (κ1) is 23.6. The van der Waals surface area contributed by atoms with Crippen LogP contribution in [0.5, 0.6) is 5.75 Å². The molecule has 3 atom stereocenters. The fraction of sp³-hybridized carbons (Fsp3) is 0.556. The number of hydrogen-bond donors (Lipinski definition) is 2. The Morgan fingerprint density at radius 3 is 2.76 bits per heavy atom. The molecule has 0 aromatic heterocycles. The maximum absolute atomic E-state index is 11.8. The van der Waals surface area contributed by atoms with E-state index < -0.39 is 5.91 Å². The molecule has 3 unspecified atom stereocenters. The maximum atomic E-state index is 11.8. The van der Waals surface area contributed by atoms with Crippen LogP contribution >= 0.6 is 0 Å². The highest BCUT2D eigenvalue weighted by atomic mass is 16.5. The number of aryl methyl sites for hydroxylation is 1. The van der Waals surface area contributed by atoms with Crippen LogP contribution in [0.15, 0.2) is 41.1 Å². The molecule has 178 valence electrons. The zero-order valence-electron chi connectivity index (χ0n) is 20.3. The Balaban J connectivity index is 1.83. The number of methoxy groups -OCH3 is 1. The van der Waals surface area contributed by atoms with Gasteiger partial charge in [0.2, 0.25) is 12.3 Å². The first-order valence-electron chi connectivity index (χ1n) is 12.1. The molecule has 2 amide bonds. The molecule has 1 saturated carbocycles. The molecular weight excluding hydrogens is 414 g/mol. The van der Waals surface area contributed by atoms with E-state index in [9.17, 15) is 9.59 Å². The molecule has 1 heterocycles. The third-order valence-corrected chi connectivity index (χ3v) is 8.22. The lowest BCUT2D eigenvalue weighted by Crippen LogP contribution is -2.57. The van der Waals surface area contributed by atoms with Gasteiger partial charge in [0.25, 0.3) is 0 Å². The van der Waals surface area contributed by atoms with Gasteiger partial charge in [0, 0.05) is 29.3 Å². The summed E-state index contributed by atoms with van der Waals surface area (Å²) in [6.07, 6.45) is 7.85. The summed E-state index contributed by atoms with van der Waals surface area (Å²) < 4.78 is 5.61. The number of amides is 2. The smallest absolute Gasteiger partial charge is 0.244 e. The Bertz CT molecular complexity index is 994. The lowest BCUT2D eigenvalue weighted by Gasteiger charge is -2.55. The van der Waals surface area contributed by atoms with E-state index in [4.69, 9.17) is 10.5 Å². The molecule has 6 nitrogen and oxygen atoms in total. The van der Waals surface area contributed by atoms with E-state index in [1.807, 2.05) is 12.1 Å². The van der Waals surface area contributed by atoms with Crippen LogP contribution in [0.3, 0.4) is 0 Å². The molecule has 4 rings (SSSR count). The molecule has 2 fully saturated rings. The van der Waals surface area contributed by atoms with Crippen molar-refractivity contribution in [2.24, 2.45) is 17.6 Å². The quantitative estimate of drug-likeness (QED) is 0.467. The predicted octanol–water partition coefficient (Wildman–Crippen LogP) is 3.59. The molecule has 0 radical (unpaired) electrons. The Morgan fingerprint density at radius 1 is 1.36 bits per heavy atom. The normalized spacial score (nSPS) is 28.3. The van der Waals surface area contributed by atoms with Gasteiger partial charge in [-0.05, 0) is 106 Å². The van der Waals surface area contributed by atoms with Crippen molar-refractivity contribution in [3.63, 3.8) is 0 Å². The third-order valence-electron chi connectivity index (χ3n) is 8.22. The van der Waals surface area contributed by atoms with Crippen molar-refractivity contribution in [1.82, 2.24) is 10.2 Å². The van der Waals surface area contributed by atoms with E-state index in [1.54, 1.807) is 14.0 Å². The van der Waals surface area contributed by atoms with E-state index in [2.05, 4.69) is 36.2 Å². The number of allylic oxidation sites excluding steroid dienone is 3. The van der Waals surface area contributed by atoms with Gasteiger partial charge < -0.3 is 20.7 Å². The molecule has 1 saturated heterocycles. The minimum atomic E-state index is -0.430. The lowest BCUT2D eigenvalue weighted by molar-refractivity contribution is -0.114. The summed E-state index contributed by atoms with van der Waals surface area (Å²) in [5.41, 5.74) is 10.4. The minimum absolute atomic E-state index is 0.110. The van der Waals surface area contributed by atoms with Crippen molar-refractivity contribution in [2.45, 2.75) is 64.3 Å². The summed E-state index contributed by atoms with van der Waals surface area (Å²) in [5.74, 6) is 1.61. The van der Waals surface area contributed by atoms with Gasteiger partial charge in [-0.15, -0.1) is 0 Å². The number of ether oxygens (including phenoxy) is 1. The highest BCUT2D eigenvalue weighted by Gasteiger charge is 2.51. The van der Waals surface area contributed by atoms with Crippen LogP contribution in [0.25, 0.3) is 0 Å². The number of carbonyl (C=O) groups excluding carboxylic acids is 2. The zero-order chi connectivity index (χ0) is 23.8. The van der Waals surface area contributed by atoms with Crippen molar-refractivity contribution >= 4 is 12.3 Å². The molecule has 1 aromatic carbocycles. The first-order valence-corrected chi connectivity index (χ1v) is 12.1. The average molecular weight is 452 g/mol. The van der Waals surface area contributed by atoms with Crippen LogP contribution in [0, 0.1) is 18.8 Å². The van der Waals surface area contributed by atoms with E-state index in [1.165, 1.54) is 30.5 Å². The van der Waals surface area contributed by atoms with Crippen molar-refractivity contribution < 1.29 is 14.3 Å². The van der Waals surface area contributed by atoms with E-state index in [-0.39, 0.29) is 5.41 Å². The standard InChI is InChI=1S/C27H37N3O3/c1-17-5-8-22(33-4)13-23(17)27-9-10-30(15-20-6-7-20)19(3)24(27)12-21(11-18(2)26(28)32)25(14-27)29-16-31/h5,8,11,13,16,19-20,24H,6-7,9-10,12,14-15H2,1-4H3,(H2,28,32)(H,29,31)/b18-11+. The monoisotopic (exact) mass is 451 g/mol. The number of hydrogen-bond acceptors (Lipinski definition) is 4. The molecule has 3 aliphatic rings. The summed E-state index contributed by atoms with van der Waals surface area (Å²) in [6.45, 7) is 8.48. The Labute approximate surface area is 197 Å². The predicted molar refractivity (Wildman–Crippen MR) is 130 cm³/mol. The number of nitrogens with two attached hydrogens (primary N) is 1. The Hall–Kier alpha value is -2.60. The number of benzene rings is 1. The molecule has 0 bridgehead atoms. The lowest BCUT2D eigenvalue weighted by atomic mass is 9.56. The molecule has 33 heavy (non-hydrogen) atoms. The summed E-state index contributed by atoms with van der Waals surface area (Å²) in [4.78, 5) is 26.0.